The lowest BCUT2D eigenvalue weighted by Gasteiger charge is -2.17. The van der Waals surface area contributed by atoms with Gasteiger partial charge in [-0.05, 0) is 19.1 Å². The van der Waals surface area contributed by atoms with Crippen LogP contribution in [-0.4, -0.2) is 5.78 Å². The van der Waals surface area contributed by atoms with Crippen molar-refractivity contribution in [1.82, 2.24) is 0 Å². The van der Waals surface area contributed by atoms with Crippen LogP contribution in [0.3, 0.4) is 0 Å². The second kappa shape index (κ2) is 2.25. The second-order valence-corrected chi connectivity index (χ2v) is 2.64. The predicted octanol–water partition coefficient (Wildman–Crippen LogP) is 1.87. The smallest absolute Gasteiger partial charge is 0.178 e. The van der Waals surface area contributed by atoms with E-state index in [4.69, 9.17) is 0 Å². The van der Waals surface area contributed by atoms with Crippen LogP contribution in [0, 0.1) is 5.41 Å². The third-order valence-electron chi connectivity index (χ3n) is 1.65. The van der Waals surface area contributed by atoms with E-state index in [-0.39, 0.29) is 11.2 Å². The number of rotatable bonds is 1. The molecule has 1 heteroatoms. The average Bonchev–Trinajstić information content (AvgIpc) is 1.96. The summed E-state index contributed by atoms with van der Waals surface area (Å²) in [5, 5.41) is 0. The lowest BCUT2D eigenvalue weighted by atomic mass is 9.86. The van der Waals surface area contributed by atoms with Crippen LogP contribution >= 0.6 is 0 Å². The number of carbonyl (C=O) groups is 1. The van der Waals surface area contributed by atoms with Crippen molar-refractivity contribution in [3.8, 4) is 0 Å². The molecule has 0 heterocycles. The van der Waals surface area contributed by atoms with Crippen molar-refractivity contribution in [2.75, 3.05) is 0 Å². The fraction of sp³-hybridized carbons (Fsp3) is 0.222. The predicted molar refractivity (Wildman–Crippen MR) is 41.6 cm³/mol. The van der Waals surface area contributed by atoms with Gasteiger partial charge in [-0.2, -0.15) is 0 Å². The summed E-state index contributed by atoms with van der Waals surface area (Å²) in [5.41, 5.74) is -0.117. The van der Waals surface area contributed by atoms with Crippen molar-refractivity contribution >= 4 is 5.78 Å². The first kappa shape index (κ1) is 7.00. The highest BCUT2D eigenvalue weighted by atomic mass is 16.1. The Labute approximate surface area is 60.7 Å². The van der Waals surface area contributed by atoms with E-state index in [1.807, 2.05) is 25.2 Å². The van der Waals surface area contributed by atoms with Gasteiger partial charge in [-0.25, -0.2) is 0 Å². The van der Waals surface area contributed by atoms with E-state index in [0.29, 0.717) is 0 Å². The summed E-state index contributed by atoms with van der Waals surface area (Å²) >= 11 is 0. The highest BCUT2D eigenvalue weighted by Gasteiger charge is 2.15. The van der Waals surface area contributed by atoms with Crippen molar-refractivity contribution < 1.29 is 4.79 Å². The Hall–Kier alpha value is -1.11. The van der Waals surface area contributed by atoms with Crippen LogP contribution in [0.15, 0.2) is 37.0 Å². The molecule has 0 aliphatic heterocycles. The normalized spacial score (nSPS) is 21.1. The second-order valence-electron chi connectivity index (χ2n) is 2.64. The molecule has 1 aliphatic rings. The Morgan fingerprint density at radius 1 is 1.50 bits per heavy atom. The molecule has 0 aromatic carbocycles. The summed E-state index contributed by atoms with van der Waals surface area (Å²) in [6.45, 7) is 5.67. The van der Waals surface area contributed by atoms with E-state index < -0.39 is 0 Å². The molecule has 0 N–H and O–H groups in total. The van der Waals surface area contributed by atoms with Crippen molar-refractivity contribution in [3.05, 3.63) is 37.0 Å². The monoisotopic (exact) mass is 134 g/mol. The Morgan fingerprint density at radius 3 is 2.40 bits per heavy atom. The van der Waals surface area contributed by atoms with Gasteiger partial charge in [-0.1, -0.05) is 18.2 Å². The molecule has 0 atom stereocenters. The Kier molecular flexibility index (Phi) is 1.58. The highest BCUT2D eigenvalue weighted by molar-refractivity contribution is 6.00. The molecule has 0 aromatic heterocycles. The quantitative estimate of drug-likeness (QED) is 0.500. The largest absolute Gasteiger partial charge is 0.290 e. The molecule has 1 aliphatic carbocycles. The first-order valence-corrected chi connectivity index (χ1v) is 3.22. The summed E-state index contributed by atoms with van der Waals surface area (Å²) in [6.07, 6.45) is 8.65. The highest BCUT2D eigenvalue weighted by Crippen LogP contribution is 2.23. The molecule has 1 rings (SSSR count). The van der Waals surface area contributed by atoms with Gasteiger partial charge in [0.1, 0.15) is 0 Å². The zero-order chi connectivity index (χ0) is 7.61. The van der Waals surface area contributed by atoms with Gasteiger partial charge in [-0.3, -0.25) is 4.79 Å². The van der Waals surface area contributed by atoms with Gasteiger partial charge >= 0.3 is 0 Å². The molecule has 0 aromatic rings. The van der Waals surface area contributed by atoms with Gasteiger partial charge in [-0.15, -0.1) is 6.58 Å². The van der Waals surface area contributed by atoms with Crippen LogP contribution in [0.2, 0.25) is 0 Å². The number of hydrogen-bond donors (Lipinski definition) is 0. The maximum atomic E-state index is 10.7. The van der Waals surface area contributed by atoms with Crippen molar-refractivity contribution in [3.63, 3.8) is 0 Å². The van der Waals surface area contributed by atoms with Crippen molar-refractivity contribution in [2.24, 2.45) is 5.41 Å². The van der Waals surface area contributed by atoms with Crippen molar-refractivity contribution in [2.45, 2.75) is 6.92 Å². The molecule has 0 saturated carbocycles. The molecule has 0 unspecified atom stereocenters. The lowest BCUT2D eigenvalue weighted by molar-refractivity contribution is -0.110. The van der Waals surface area contributed by atoms with Crippen LogP contribution in [0.5, 0.6) is 0 Å². The number of allylic oxidation sites excluding steroid dienone is 5. The zero-order valence-corrected chi connectivity index (χ0v) is 6.00. The van der Waals surface area contributed by atoms with E-state index in [1.54, 1.807) is 12.2 Å². The van der Waals surface area contributed by atoms with Crippen LogP contribution < -0.4 is 0 Å². The molecule has 10 heavy (non-hydrogen) atoms. The Morgan fingerprint density at radius 2 is 2.00 bits per heavy atom. The van der Waals surface area contributed by atoms with Gasteiger partial charge in [0.2, 0.25) is 0 Å². The van der Waals surface area contributed by atoms with Crippen LogP contribution in [-0.2, 0) is 4.79 Å². The first-order valence-electron chi connectivity index (χ1n) is 3.22. The SMILES string of the molecule is C=CC1(C)C=CC(=O)C=C1. The van der Waals surface area contributed by atoms with Crippen molar-refractivity contribution in [1.29, 1.82) is 0 Å². The summed E-state index contributed by atoms with van der Waals surface area (Å²) in [4.78, 5) is 10.7. The number of carbonyl (C=O) groups excluding carboxylic acids is 1. The molecular formula is C9H10O. The minimum absolute atomic E-state index is 0.0549. The molecule has 0 radical (unpaired) electrons. The minimum atomic E-state index is -0.117. The summed E-state index contributed by atoms with van der Waals surface area (Å²) in [6, 6.07) is 0. The van der Waals surface area contributed by atoms with E-state index in [1.165, 1.54) is 0 Å². The van der Waals surface area contributed by atoms with Crippen LogP contribution in [0.25, 0.3) is 0 Å². The topological polar surface area (TPSA) is 17.1 Å². The first-order chi connectivity index (χ1) is 4.66. The van der Waals surface area contributed by atoms with Gasteiger partial charge in [0, 0.05) is 5.41 Å². The van der Waals surface area contributed by atoms with Gasteiger partial charge in [0.25, 0.3) is 0 Å². The summed E-state index contributed by atoms with van der Waals surface area (Å²) in [7, 11) is 0. The molecule has 0 spiro atoms. The van der Waals surface area contributed by atoms with Crippen LogP contribution in [0.4, 0.5) is 0 Å². The fourth-order valence-corrected chi connectivity index (χ4v) is 0.771. The third-order valence-corrected chi connectivity index (χ3v) is 1.65. The summed E-state index contributed by atoms with van der Waals surface area (Å²) in [5.74, 6) is 0.0549. The standard InChI is InChI=1S/C9H10O/c1-3-9(2)6-4-8(10)5-7-9/h3-7H,1H2,2H3. The lowest BCUT2D eigenvalue weighted by Crippen LogP contribution is -2.09. The summed E-state index contributed by atoms with van der Waals surface area (Å²) < 4.78 is 0. The maximum absolute atomic E-state index is 10.7. The number of ketones is 1. The average molecular weight is 134 g/mol. The molecular weight excluding hydrogens is 124 g/mol. The molecule has 0 amide bonds. The number of hydrogen-bond acceptors (Lipinski definition) is 1. The third kappa shape index (κ3) is 1.24. The molecule has 0 fully saturated rings. The maximum Gasteiger partial charge on any atom is 0.178 e. The molecule has 0 saturated heterocycles. The zero-order valence-electron chi connectivity index (χ0n) is 6.00. The van der Waals surface area contributed by atoms with E-state index >= 15 is 0 Å². The van der Waals surface area contributed by atoms with E-state index in [2.05, 4.69) is 6.58 Å². The molecule has 0 bridgehead atoms. The van der Waals surface area contributed by atoms with Gasteiger partial charge in [0.15, 0.2) is 5.78 Å². The molecule has 52 valence electrons. The van der Waals surface area contributed by atoms with E-state index in [9.17, 15) is 4.79 Å². The Bertz CT molecular complexity index is 205. The molecule has 1 nitrogen and oxygen atoms in total. The van der Waals surface area contributed by atoms with Crippen LogP contribution in [0.1, 0.15) is 6.92 Å². The fourth-order valence-electron chi connectivity index (χ4n) is 0.771. The van der Waals surface area contributed by atoms with E-state index in [0.717, 1.165) is 0 Å². The Balaban J connectivity index is 2.88. The van der Waals surface area contributed by atoms with Gasteiger partial charge in [0.05, 0.1) is 0 Å². The minimum Gasteiger partial charge on any atom is -0.290 e. The van der Waals surface area contributed by atoms with Gasteiger partial charge < -0.3 is 0 Å².